The summed E-state index contributed by atoms with van der Waals surface area (Å²) in [5.74, 6) is 1.36. The number of sulfone groups is 1. The molecule has 3 rings (SSSR count). The van der Waals surface area contributed by atoms with Crippen molar-refractivity contribution in [2.45, 2.75) is 4.90 Å². The summed E-state index contributed by atoms with van der Waals surface area (Å²) in [6.07, 6.45) is 1.17. The Kier molecular flexibility index (Phi) is 4.10. The number of nitrogens with one attached hydrogen (secondary N) is 2. The largest absolute Gasteiger partial charge is 0.454 e. The molecule has 0 atom stereocenters. The minimum atomic E-state index is -3.20. The normalized spacial score (nSPS) is 12.7. The second-order valence-electron chi connectivity index (χ2n) is 4.94. The number of hydrogen-bond acceptors (Lipinski definition) is 5. The van der Waals surface area contributed by atoms with Crippen molar-refractivity contribution < 1.29 is 17.9 Å². The lowest BCUT2D eigenvalue weighted by molar-refractivity contribution is 0.174. The first kappa shape index (κ1) is 15.6. The minimum Gasteiger partial charge on any atom is -0.454 e. The van der Waals surface area contributed by atoms with Crippen LogP contribution in [0.5, 0.6) is 11.5 Å². The van der Waals surface area contributed by atoms with Gasteiger partial charge in [0.2, 0.25) is 6.79 Å². The Labute approximate surface area is 139 Å². The van der Waals surface area contributed by atoms with Gasteiger partial charge in [0.1, 0.15) is 0 Å². The molecule has 0 saturated carbocycles. The molecule has 2 aromatic carbocycles. The predicted molar refractivity (Wildman–Crippen MR) is 92.0 cm³/mol. The maximum absolute atomic E-state index is 11.4. The van der Waals surface area contributed by atoms with Crippen LogP contribution < -0.4 is 20.1 Å². The topological polar surface area (TPSA) is 76.7 Å². The number of ether oxygens (including phenoxy) is 2. The third-order valence-electron chi connectivity index (χ3n) is 3.17. The van der Waals surface area contributed by atoms with E-state index in [1.54, 1.807) is 24.3 Å². The van der Waals surface area contributed by atoms with Crippen LogP contribution in [0.2, 0.25) is 0 Å². The smallest absolute Gasteiger partial charge is 0.231 e. The number of anilines is 2. The second-order valence-corrected chi connectivity index (χ2v) is 7.37. The van der Waals surface area contributed by atoms with Gasteiger partial charge in [0.05, 0.1) is 4.90 Å². The maximum Gasteiger partial charge on any atom is 0.231 e. The number of hydrogen-bond donors (Lipinski definition) is 2. The van der Waals surface area contributed by atoms with Gasteiger partial charge in [-0.15, -0.1) is 0 Å². The average Bonchev–Trinajstić information content (AvgIpc) is 2.94. The zero-order valence-electron chi connectivity index (χ0n) is 12.2. The molecule has 0 saturated heterocycles. The fourth-order valence-electron chi connectivity index (χ4n) is 2.05. The molecular formula is C15H14N2O4S2. The van der Waals surface area contributed by atoms with Gasteiger partial charge >= 0.3 is 0 Å². The molecule has 6 nitrogen and oxygen atoms in total. The molecule has 8 heteroatoms. The van der Waals surface area contributed by atoms with E-state index in [9.17, 15) is 8.42 Å². The molecule has 0 unspecified atom stereocenters. The van der Waals surface area contributed by atoms with Gasteiger partial charge in [0.25, 0.3) is 0 Å². The molecule has 1 aliphatic rings. The summed E-state index contributed by atoms with van der Waals surface area (Å²) < 4.78 is 33.4. The molecule has 0 aromatic heterocycles. The van der Waals surface area contributed by atoms with Gasteiger partial charge in [0, 0.05) is 23.7 Å². The van der Waals surface area contributed by atoms with Crippen molar-refractivity contribution in [3.8, 4) is 11.5 Å². The molecule has 23 heavy (non-hydrogen) atoms. The second kappa shape index (κ2) is 6.05. The summed E-state index contributed by atoms with van der Waals surface area (Å²) in [5, 5.41) is 6.41. The van der Waals surface area contributed by atoms with E-state index in [4.69, 9.17) is 21.7 Å². The standard InChI is InChI=1S/C15H14N2O4S2/c1-23(18,19)12-5-2-10(3-6-12)16-15(22)17-11-4-7-13-14(8-11)21-9-20-13/h2-8H,9H2,1H3,(H2,16,17,22). The molecule has 0 aliphatic carbocycles. The number of benzene rings is 2. The summed E-state index contributed by atoms with van der Waals surface area (Å²) >= 11 is 5.24. The van der Waals surface area contributed by atoms with Crippen LogP contribution in [-0.2, 0) is 9.84 Å². The van der Waals surface area contributed by atoms with E-state index >= 15 is 0 Å². The van der Waals surface area contributed by atoms with Crippen LogP contribution in [0.3, 0.4) is 0 Å². The Morgan fingerprint density at radius 1 is 1.00 bits per heavy atom. The Morgan fingerprint density at radius 2 is 1.61 bits per heavy atom. The molecule has 0 bridgehead atoms. The monoisotopic (exact) mass is 350 g/mol. The van der Waals surface area contributed by atoms with E-state index in [-0.39, 0.29) is 11.7 Å². The predicted octanol–water partition coefficient (Wildman–Crippen LogP) is 2.63. The van der Waals surface area contributed by atoms with E-state index in [1.165, 1.54) is 18.4 Å². The molecule has 2 N–H and O–H groups in total. The van der Waals surface area contributed by atoms with Crippen LogP contribution in [0.15, 0.2) is 47.4 Å². The van der Waals surface area contributed by atoms with E-state index < -0.39 is 9.84 Å². The van der Waals surface area contributed by atoms with Gasteiger partial charge in [0.15, 0.2) is 26.4 Å². The highest BCUT2D eigenvalue weighted by Gasteiger charge is 2.13. The van der Waals surface area contributed by atoms with Crippen LogP contribution in [0.25, 0.3) is 0 Å². The van der Waals surface area contributed by atoms with Crippen molar-refractivity contribution in [3.63, 3.8) is 0 Å². The number of rotatable bonds is 3. The molecule has 120 valence electrons. The molecule has 2 aromatic rings. The summed E-state index contributed by atoms with van der Waals surface area (Å²) in [6, 6.07) is 11.8. The average molecular weight is 350 g/mol. The zero-order chi connectivity index (χ0) is 16.4. The van der Waals surface area contributed by atoms with Crippen LogP contribution in [-0.4, -0.2) is 26.6 Å². The SMILES string of the molecule is CS(=O)(=O)c1ccc(NC(=S)Nc2ccc3c(c2)OCO3)cc1. The highest BCUT2D eigenvalue weighted by Crippen LogP contribution is 2.34. The van der Waals surface area contributed by atoms with Crippen LogP contribution in [0.1, 0.15) is 0 Å². The molecule has 0 radical (unpaired) electrons. The Bertz CT molecular complexity index is 848. The third-order valence-corrected chi connectivity index (χ3v) is 4.50. The molecular weight excluding hydrogens is 336 g/mol. The lowest BCUT2D eigenvalue weighted by atomic mass is 10.3. The van der Waals surface area contributed by atoms with Gasteiger partial charge in [-0.05, 0) is 48.6 Å². The van der Waals surface area contributed by atoms with Crippen molar-refractivity contribution in [2.75, 3.05) is 23.7 Å². The van der Waals surface area contributed by atoms with Gasteiger partial charge in [-0.3, -0.25) is 0 Å². The maximum atomic E-state index is 11.4. The molecule has 0 amide bonds. The van der Waals surface area contributed by atoms with E-state index in [1.807, 2.05) is 6.07 Å². The first-order chi connectivity index (χ1) is 10.9. The lowest BCUT2D eigenvalue weighted by Crippen LogP contribution is -2.19. The number of fused-ring (bicyclic) bond motifs is 1. The highest BCUT2D eigenvalue weighted by molar-refractivity contribution is 7.90. The summed E-state index contributed by atoms with van der Waals surface area (Å²) in [5.41, 5.74) is 1.45. The van der Waals surface area contributed by atoms with Crippen molar-refractivity contribution in [1.82, 2.24) is 0 Å². The first-order valence-electron chi connectivity index (χ1n) is 6.69. The third kappa shape index (κ3) is 3.72. The Balaban J connectivity index is 1.65. The van der Waals surface area contributed by atoms with Crippen molar-refractivity contribution in [3.05, 3.63) is 42.5 Å². The summed E-state index contributed by atoms with van der Waals surface area (Å²) in [6.45, 7) is 0.216. The summed E-state index contributed by atoms with van der Waals surface area (Å²) in [7, 11) is -3.20. The molecule has 1 heterocycles. The van der Waals surface area contributed by atoms with Crippen LogP contribution in [0.4, 0.5) is 11.4 Å². The van der Waals surface area contributed by atoms with Crippen LogP contribution in [0, 0.1) is 0 Å². The van der Waals surface area contributed by atoms with Crippen molar-refractivity contribution in [1.29, 1.82) is 0 Å². The molecule has 1 aliphatic heterocycles. The fourth-order valence-corrected chi connectivity index (χ4v) is 2.92. The van der Waals surface area contributed by atoms with E-state index in [0.29, 0.717) is 22.3 Å². The fraction of sp³-hybridized carbons (Fsp3) is 0.133. The lowest BCUT2D eigenvalue weighted by Gasteiger charge is -2.11. The van der Waals surface area contributed by atoms with Gasteiger partial charge in [-0.2, -0.15) is 0 Å². The zero-order valence-corrected chi connectivity index (χ0v) is 13.8. The van der Waals surface area contributed by atoms with Crippen LogP contribution >= 0.6 is 12.2 Å². The molecule has 0 spiro atoms. The first-order valence-corrected chi connectivity index (χ1v) is 8.99. The number of thiocarbonyl (C=S) groups is 1. The molecule has 0 fully saturated rings. The van der Waals surface area contributed by atoms with E-state index in [0.717, 1.165) is 5.69 Å². The van der Waals surface area contributed by atoms with Crippen molar-refractivity contribution in [2.24, 2.45) is 0 Å². The quantitative estimate of drug-likeness (QED) is 0.824. The highest BCUT2D eigenvalue weighted by atomic mass is 32.2. The van der Waals surface area contributed by atoms with Gasteiger partial charge < -0.3 is 20.1 Å². The Morgan fingerprint density at radius 3 is 2.30 bits per heavy atom. The Hall–Kier alpha value is -2.32. The van der Waals surface area contributed by atoms with E-state index in [2.05, 4.69) is 10.6 Å². The summed E-state index contributed by atoms with van der Waals surface area (Å²) in [4.78, 5) is 0.262. The van der Waals surface area contributed by atoms with Gasteiger partial charge in [-0.25, -0.2) is 8.42 Å². The van der Waals surface area contributed by atoms with Crippen molar-refractivity contribution >= 4 is 38.5 Å². The minimum absolute atomic E-state index is 0.216. The van der Waals surface area contributed by atoms with Gasteiger partial charge in [-0.1, -0.05) is 0 Å².